The summed E-state index contributed by atoms with van der Waals surface area (Å²) in [6.07, 6.45) is 6.49. The predicted octanol–water partition coefficient (Wildman–Crippen LogP) is 2.33. The van der Waals surface area contributed by atoms with E-state index in [1.165, 1.54) is 0 Å². The van der Waals surface area contributed by atoms with E-state index in [0.29, 0.717) is 29.4 Å². The highest BCUT2D eigenvalue weighted by Gasteiger charge is 2.43. The van der Waals surface area contributed by atoms with E-state index < -0.39 is 0 Å². The standard InChI is InChI=1S/C19H28N4O2/c1-13-20-9-7-16(22-13)17(24)21-8-6-15-5-4-10-23(15)18(25)14-11-19(2,3)12-14/h7,9,14-15H,4-6,8,10-12H2,1-3H3,(H,21,24)/t15-/m1/s1. The summed E-state index contributed by atoms with van der Waals surface area (Å²) in [6.45, 7) is 7.64. The van der Waals surface area contributed by atoms with Gasteiger partial charge in [-0.2, -0.15) is 0 Å². The van der Waals surface area contributed by atoms with Crippen molar-refractivity contribution >= 4 is 11.8 Å². The number of nitrogens with one attached hydrogen (secondary N) is 1. The first kappa shape index (κ1) is 17.8. The highest BCUT2D eigenvalue weighted by atomic mass is 16.2. The Morgan fingerprint density at radius 2 is 2.12 bits per heavy atom. The molecular weight excluding hydrogens is 316 g/mol. The Hall–Kier alpha value is -1.98. The van der Waals surface area contributed by atoms with Crippen LogP contribution in [0.15, 0.2) is 12.3 Å². The van der Waals surface area contributed by atoms with Crippen LogP contribution < -0.4 is 5.32 Å². The van der Waals surface area contributed by atoms with Crippen LogP contribution in [0.1, 0.15) is 62.3 Å². The van der Waals surface area contributed by atoms with Gasteiger partial charge in [0.1, 0.15) is 11.5 Å². The minimum atomic E-state index is -0.179. The number of hydrogen-bond donors (Lipinski definition) is 1. The second-order valence-electron chi connectivity index (χ2n) is 8.13. The zero-order valence-corrected chi connectivity index (χ0v) is 15.4. The van der Waals surface area contributed by atoms with Gasteiger partial charge in [-0.15, -0.1) is 0 Å². The number of rotatable bonds is 5. The minimum absolute atomic E-state index is 0.179. The molecule has 1 saturated heterocycles. The van der Waals surface area contributed by atoms with Gasteiger partial charge in [0.25, 0.3) is 5.91 Å². The molecule has 1 N–H and O–H groups in total. The number of hydrogen-bond acceptors (Lipinski definition) is 4. The molecule has 0 radical (unpaired) electrons. The number of carbonyl (C=O) groups excluding carboxylic acids is 2. The molecular formula is C19H28N4O2. The normalized spacial score (nSPS) is 22.5. The number of likely N-dealkylation sites (tertiary alicyclic amines) is 1. The maximum atomic E-state index is 12.7. The third-order valence-corrected chi connectivity index (χ3v) is 5.38. The minimum Gasteiger partial charge on any atom is -0.351 e. The Morgan fingerprint density at radius 1 is 1.36 bits per heavy atom. The van der Waals surface area contributed by atoms with E-state index in [1.807, 2.05) is 0 Å². The topological polar surface area (TPSA) is 75.2 Å². The van der Waals surface area contributed by atoms with Crippen molar-refractivity contribution in [2.24, 2.45) is 11.3 Å². The Bertz CT molecular complexity index is 651. The molecule has 1 aliphatic heterocycles. The number of aromatic nitrogens is 2. The van der Waals surface area contributed by atoms with Gasteiger partial charge < -0.3 is 10.2 Å². The predicted molar refractivity (Wildman–Crippen MR) is 95.0 cm³/mol. The summed E-state index contributed by atoms with van der Waals surface area (Å²) in [5, 5.41) is 2.92. The van der Waals surface area contributed by atoms with Crippen molar-refractivity contribution in [1.82, 2.24) is 20.2 Å². The molecule has 2 heterocycles. The van der Waals surface area contributed by atoms with Crippen LogP contribution in [0.2, 0.25) is 0 Å². The van der Waals surface area contributed by atoms with Gasteiger partial charge in [-0.3, -0.25) is 9.59 Å². The van der Waals surface area contributed by atoms with Crippen LogP contribution in [0, 0.1) is 18.3 Å². The summed E-state index contributed by atoms with van der Waals surface area (Å²) >= 11 is 0. The van der Waals surface area contributed by atoms with E-state index in [4.69, 9.17) is 0 Å². The van der Waals surface area contributed by atoms with Crippen molar-refractivity contribution in [3.63, 3.8) is 0 Å². The zero-order chi connectivity index (χ0) is 18.0. The van der Waals surface area contributed by atoms with Crippen molar-refractivity contribution < 1.29 is 9.59 Å². The number of nitrogens with zero attached hydrogens (tertiary/aromatic N) is 3. The third-order valence-electron chi connectivity index (χ3n) is 5.38. The van der Waals surface area contributed by atoms with Gasteiger partial charge >= 0.3 is 0 Å². The smallest absolute Gasteiger partial charge is 0.270 e. The van der Waals surface area contributed by atoms with E-state index in [1.54, 1.807) is 19.2 Å². The van der Waals surface area contributed by atoms with Gasteiger partial charge in [-0.05, 0) is 50.5 Å². The van der Waals surface area contributed by atoms with Gasteiger partial charge in [0, 0.05) is 31.2 Å². The monoisotopic (exact) mass is 344 g/mol. The third kappa shape index (κ3) is 4.17. The van der Waals surface area contributed by atoms with Crippen molar-refractivity contribution in [3.8, 4) is 0 Å². The maximum absolute atomic E-state index is 12.7. The summed E-state index contributed by atoms with van der Waals surface area (Å²) in [4.78, 5) is 35.0. The van der Waals surface area contributed by atoms with Crippen molar-refractivity contribution in [1.29, 1.82) is 0 Å². The second-order valence-corrected chi connectivity index (χ2v) is 8.13. The Morgan fingerprint density at radius 3 is 2.80 bits per heavy atom. The molecule has 0 unspecified atom stereocenters. The quantitative estimate of drug-likeness (QED) is 0.889. The lowest BCUT2D eigenvalue weighted by atomic mass is 9.64. The first-order valence-corrected chi connectivity index (χ1v) is 9.24. The molecule has 2 fully saturated rings. The lowest BCUT2D eigenvalue weighted by Gasteiger charge is -2.44. The molecule has 6 nitrogen and oxygen atoms in total. The zero-order valence-electron chi connectivity index (χ0n) is 15.4. The lowest BCUT2D eigenvalue weighted by molar-refractivity contribution is -0.143. The van der Waals surface area contributed by atoms with E-state index in [0.717, 1.165) is 38.6 Å². The van der Waals surface area contributed by atoms with Crippen molar-refractivity contribution in [3.05, 3.63) is 23.8 Å². The molecule has 1 aromatic rings. The van der Waals surface area contributed by atoms with Crippen molar-refractivity contribution in [2.45, 2.75) is 58.9 Å². The summed E-state index contributed by atoms with van der Waals surface area (Å²) in [5.41, 5.74) is 0.711. The summed E-state index contributed by atoms with van der Waals surface area (Å²) in [7, 11) is 0. The average molecular weight is 344 g/mol. The lowest BCUT2D eigenvalue weighted by Crippen LogP contribution is -2.47. The van der Waals surface area contributed by atoms with E-state index in [9.17, 15) is 9.59 Å². The van der Waals surface area contributed by atoms with Gasteiger partial charge in [-0.25, -0.2) is 9.97 Å². The van der Waals surface area contributed by atoms with Crippen LogP contribution in [-0.2, 0) is 4.79 Å². The fourth-order valence-electron chi connectivity index (χ4n) is 4.13. The second kappa shape index (κ2) is 7.10. The molecule has 3 rings (SSSR count). The van der Waals surface area contributed by atoms with Crippen LogP contribution >= 0.6 is 0 Å². The first-order valence-electron chi connectivity index (χ1n) is 9.24. The summed E-state index contributed by atoms with van der Waals surface area (Å²) in [5.74, 6) is 0.930. The Kier molecular flexibility index (Phi) is 5.06. The average Bonchev–Trinajstić information content (AvgIpc) is 3.00. The number of amides is 2. The largest absolute Gasteiger partial charge is 0.351 e. The fourth-order valence-corrected chi connectivity index (χ4v) is 4.13. The van der Waals surface area contributed by atoms with Gasteiger partial charge in [0.15, 0.2) is 0 Å². The molecule has 1 atom stereocenters. The molecule has 0 spiro atoms. The molecule has 6 heteroatoms. The molecule has 1 saturated carbocycles. The van der Waals surface area contributed by atoms with Gasteiger partial charge in [0.05, 0.1) is 0 Å². The molecule has 0 aromatic carbocycles. The highest BCUT2D eigenvalue weighted by molar-refractivity contribution is 5.92. The molecule has 2 aliphatic rings. The maximum Gasteiger partial charge on any atom is 0.270 e. The Labute approximate surface area is 149 Å². The van der Waals surface area contributed by atoms with E-state index >= 15 is 0 Å². The van der Waals surface area contributed by atoms with Crippen LogP contribution in [0.4, 0.5) is 0 Å². The molecule has 25 heavy (non-hydrogen) atoms. The van der Waals surface area contributed by atoms with Crippen LogP contribution in [0.3, 0.4) is 0 Å². The molecule has 1 aromatic heterocycles. The van der Waals surface area contributed by atoms with E-state index in [-0.39, 0.29) is 17.9 Å². The number of aryl methyl sites for hydroxylation is 1. The molecule has 2 amide bonds. The first-order chi connectivity index (χ1) is 11.9. The summed E-state index contributed by atoms with van der Waals surface area (Å²) < 4.78 is 0. The molecule has 1 aliphatic carbocycles. The Balaban J connectivity index is 1.47. The molecule has 136 valence electrons. The van der Waals surface area contributed by atoms with Crippen LogP contribution in [-0.4, -0.2) is 45.8 Å². The SMILES string of the molecule is Cc1nccc(C(=O)NCC[C@H]2CCCN2C(=O)C2CC(C)(C)C2)n1. The molecule has 0 bridgehead atoms. The number of carbonyl (C=O) groups is 2. The van der Waals surface area contributed by atoms with Crippen LogP contribution in [0.5, 0.6) is 0 Å². The summed E-state index contributed by atoms with van der Waals surface area (Å²) in [6, 6.07) is 1.87. The van der Waals surface area contributed by atoms with Gasteiger partial charge in [-0.1, -0.05) is 13.8 Å². The van der Waals surface area contributed by atoms with E-state index in [2.05, 4.69) is 34.0 Å². The fraction of sp³-hybridized carbons (Fsp3) is 0.684. The van der Waals surface area contributed by atoms with Gasteiger partial charge in [0.2, 0.25) is 5.91 Å². The van der Waals surface area contributed by atoms with Crippen molar-refractivity contribution in [2.75, 3.05) is 13.1 Å². The highest BCUT2D eigenvalue weighted by Crippen LogP contribution is 2.46. The van der Waals surface area contributed by atoms with Crippen LogP contribution in [0.25, 0.3) is 0 Å².